The number of thiophene rings is 1. The lowest BCUT2D eigenvalue weighted by atomic mass is 10.0. The molecule has 5 heteroatoms. The van der Waals surface area contributed by atoms with Crippen molar-refractivity contribution in [3.05, 3.63) is 21.9 Å². The number of hydrogen-bond donors (Lipinski definition) is 1. The van der Waals surface area contributed by atoms with Gasteiger partial charge in [-0.15, -0.1) is 11.3 Å². The van der Waals surface area contributed by atoms with Crippen LogP contribution in [0.2, 0.25) is 0 Å². The Morgan fingerprint density at radius 1 is 1.50 bits per heavy atom. The topological polar surface area (TPSA) is 49.6 Å². The Morgan fingerprint density at radius 3 is 2.80 bits per heavy atom. The molecule has 0 aromatic carbocycles. The van der Waals surface area contributed by atoms with Crippen LogP contribution in [0.4, 0.5) is 0 Å². The number of nitrogens with two attached hydrogens (primary N) is 1. The number of hydrogen-bond acceptors (Lipinski definition) is 4. The maximum absolute atomic E-state index is 12.5. The van der Waals surface area contributed by atoms with Crippen molar-refractivity contribution in [1.82, 2.24) is 9.80 Å². The molecule has 1 fully saturated rings. The second-order valence-electron chi connectivity index (χ2n) is 5.16. The first kappa shape index (κ1) is 15.0. The van der Waals surface area contributed by atoms with Gasteiger partial charge < -0.3 is 15.5 Å². The van der Waals surface area contributed by atoms with Gasteiger partial charge in [0.15, 0.2) is 0 Å². The van der Waals surface area contributed by atoms with Crippen LogP contribution in [0.15, 0.2) is 11.4 Å². The average Bonchev–Trinajstić information content (AvgIpc) is 2.92. The highest BCUT2D eigenvalue weighted by atomic mass is 32.1. The molecular formula is C15H21N3OS. The monoisotopic (exact) mass is 291 g/mol. The number of likely N-dealkylation sites (tertiary alicyclic amines) is 1. The van der Waals surface area contributed by atoms with E-state index in [0.29, 0.717) is 12.6 Å². The predicted molar refractivity (Wildman–Crippen MR) is 82.9 cm³/mol. The highest BCUT2D eigenvalue weighted by Gasteiger charge is 2.26. The standard InChI is InChI=1S/C15H21N3OS/c1-17(2)13-5-9-18(10-6-13)15(19)14-12(4-3-8-16)7-11-20-14/h7,11,13H,5-6,8-10,16H2,1-2H3. The molecule has 1 saturated heterocycles. The van der Waals surface area contributed by atoms with Gasteiger partial charge in [0, 0.05) is 24.7 Å². The van der Waals surface area contributed by atoms with E-state index in [1.54, 1.807) is 0 Å². The van der Waals surface area contributed by atoms with Gasteiger partial charge in [-0.05, 0) is 38.4 Å². The number of piperidine rings is 1. The van der Waals surface area contributed by atoms with Gasteiger partial charge in [0.25, 0.3) is 5.91 Å². The summed E-state index contributed by atoms with van der Waals surface area (Å²) in [4.78, 5) is 17.5. The van der Waals surface area contributed by atoms with Crippen LogP contribution in [0.3, 0.4) is 0 Å². The van der Waals surface area contributed by atoms with Crippen molar-refractivity contribution < 1.29 is 4.79 Å². The lowest BCUT2D eigenvalue weighted by Gasteiger charge is -2.35. The molecule has 2 rings (SSSR count). The Kier molecular flexibility index (Phi) is 5.18. The van der Waals surface area contributed by atoms with Crippen molar-refractivity contribution in [3.63, 3.8) is 0 Å². The maximum atomic E-state index is 12.5. The van der Waals surface area contributed by atoms with E-state index in [2.05, 4.69) is 30.8 Å². The quantitative estimate of drug-likeness (QED) is 0.834. The number of carbonyl (C=O) groups excluding carboxylic acids is 1. The lowest BCUT2D eigenvalue weighted by molar-refractivity contribution is 0.0668. The number of amides is 1. The highest BCUT2D eigenvalue weighted by Crippen LogP contribution is 2.21. The molecule has 1 aromatic heterocycles. The summed E-state index contributed by atoms with van der Waals surface area (Å²) in [7, 11) is 4.20. The SMILES string of the molecule is CN(C)C1CCN(C(=O)c2sccc2C#CCN)CC1. The van der Waals surface area contributed by atoms with E-state index in [0.717, 1.165) is 36.4 Å². The van der Waals surface area contributed by atoms with Crippen molar-refractivity contribution in [3.8, 4) is 11.8 Å². The normalized spacial score (nSPS) is 16.1. The summed E-state index contributed by atoms with van der Waals surface area (Å²) >= 11 is 1.46. The third-order valence-electron chi connectivity index (χ3n) is 3.67. The molecule has 0 atom stereocenters. The third kappa shape index (κ3) is 3.40. The van der Waals surface area contributed by atoms with Crippen LogP contribution in [0.5, 0.6) is 0 Å². The van der Waals surface area contributed by atoms with Gasteiger partial charge in [-0.1, -0.05) is 11.8 Å². The van der Waals surface area contributed by atoms with E-state index < -0.39 is 0 Å². The first-order valence-electron chi connectivity index (χ1n) is 6.85. The van der Waals surface area contributed by atoms with E-state index in [4.69, 9.17) is 5.73 Å². The molecule has 0 aliphatic carbocycles. The zero-order valence-electron chi connectivity index (χ0n) is 12.1. The van der Waals surface area contributed by atoms with Gasteiger partial charge in [0.1, 0.15) is 4.88 Å². The molecule has 0 unspecified atom stereocenters. The zero-order chi connectivity index (χ0) is 14.5. The largest absolute Gasteiger partial charge is 0.338 e. The minimum absolute atomic E-state index is 0.110. The molecule has 20 heavy (non-hydrogen) atoms. The van der Waals surface area contributed by atoms with E-state index in [9.17, 15) is 4.79 Å². The summed E-state index contributed by atoms with van der Waals surface area (Å²) in [6.07, 6.45) is 2.07. The molecule has 1 aromatic rings. The molecule has 1 amide bonds. The van der Waals surface area contributed by atoms with Crippen molar-refractivity contribution >= 4 is 17.2 Å². The molecule has 108 valence electrons. The van der Waals surface area contributed by atoms with Crippen LogP contribution in [0.1, 0.15) is 28.1 Å². The van der Waals surface area contributed by atoms with Gasteiger partial charge >= 0.3 is 0 Å². The van der Waals surface area contributed by atoms with E-state index >= 15 is 0 Å². The molecule has 0 bridgehead atoms. The van der Waals surface area contributed by atoms with Crippen molar-refractivity contribution in [2.75, 3.05) is 33.7 Å². The van der Waals surface area contributed by atoms with E-state index in [-0.39, 0.29) is 5.91 Å². The first-order chi connectivity index (χ1) is 9.63. The summed E-state index contributed by atoms with van der Waals surface area (Å²) in [6, 6.07) is 2.48. The Balaban J connectivity index is 2.04. The smallest absolute Gasteiger partial charge is 0.265 e. The Labute approximate surface area is 124 Å². The second kappa shape index (κ2) is 6.89. The lowest BCUT2D eigenvalue weighted by Crippen LogP contribution is -2.44. The number of rotatable bonds is 2. The van der Waals surface area contributed by atoms with Crippen LogP contribution < -0.4 is 5.73 Å². The van der Waals surface area contributed by atoms with Gasteiger partial charge in [-0.3, -0.25) is 4.79 Å². The molecule has 0 spiro atoms. The second-order valence-corrected chi connectivity index (χ2v) is 6.07. The third-order valence-corrected chi connectivity index (χ3v) is 4.57. The number of nitrogens with zero attached hydrogens (tertiary/aromatic N) is 2. The molecule has 0 radical (unpaired) electrons. The van der Waals surface area contributed by atoms with Gasteiger partial charge in [-0.2, -0.15) is 0 Å². The number of carbonyl (C=O) groups is 1. The summed E-state index contributed by atoms with van der Waals surface area (Å²) in [5.74, 6) is 5.91. The van der Waals surface area contributed by atoms with Crippen molar-refractivity contribution in [2.45, 2.75) is 18.9 Å². The summed E-state index contributed by atoms with van der Waals surface area (Å²) < 4.78 is 0. The maximum Gasteiger partial charge on any atom is 0.265 e. The molecule has 1 aliphatic rings. The minimum atomic E-state index is 0.110. The fourth-order valence-electron chi connectivity index (χ4n) is 2.45. The van der Waals surface area contributed by atoms with Crippen LogP contribution in [-0.4, -0.2) is 55.5 Å². The minimum Gasteiger partial charge on any atom is -0.338 e. The fourth-order valence-corrected chi connectivity index (χ4v) is 3.26. The van der Waals surface area contributed by atoms with Crippen LogP contribution in [0, 0.1) is 11.8 Å². The summed E-state index contributed by atoms with van der Waals surface area (Å²) in [5, 5.41) is 1.92. The molecule has 4 nitrogen and oxygen atoms in total. The first-order valence-corrected chi connectivity index (χ1v) is 7.73. The van der Waals surface area contributed by atoms with Gasteiger partial charge in [-0.25, -0.2) is 0 Å². The van der Waals surface area contributed by atoms with Crippen LogP contribution >= 0.6 is 11.3 Å². The Hall–Kier alpha value is -1.35. The molecule has 2 N–H and O–H groups in total. The molecular weight excluding hydrogens is 270 g/mol. The van der Waals surface area contributed by atoms with Crippen molar-refractivity contribution in [2.24, 2.45) is 5.73 Å². The predicted octanol–water partition coefficient (Wildman–Crippen LogP) is 1.22. The van der Waals surface area contributed by atoms with Gasteiger partial charge in [0.05, 0.1) is 6.54 Å². The average molecular weight is 291 g/mol. The van der Waals surface area contributed by atoms with Crippen LogP contribution in [-0.2, 0) is 0 Å². The summed E-state index contributed by atoms with van der Waals surface area (Å²) in [5.41, 5.74) is 6.19. The van der Waals surface area contributed by atoms with Crippen molar-refractivity contribution in [1.29, 1.82) is 0 Å². The highest BCUT2D eigenvalue weighted by molar-refractivity contribution is 7.12. The fraction of sp³-hybridized carbons (Fsp3) is 0.533. The summed E-state index contributed by atoms with van der Waals surface area (Å²) in [6.45, 7) is 1.96. The van der Waals surface area contributed by atoms with Gasteiger partial charge in [0.2, 0.25) is 0 Å². The Morgan fingerprint density at radius 2 is 2.20 bits per heavy atom. The van der Waals surface area contributed by atoms with E-state index in [1.165, 1.54) is 11.3 Å². The molecule has 2 heterocycles. The molecule has 0 saturated carbocycles. The molecule has 1 aliphatic heterocycles. The van der Waals surface area contributed by atoms with Crippen LogP contribution in [0.25, 0.3) is 0 Å². The zero-order valence-corrected chi connectivity index (χ0v) is 12.9. The Bertz CT molecular complexity index is 519. The van der Waals surface area contributed by atoms with E-state index in [1.807, 2.05) is 16.3 Å².